The van der Waals surface area contributed by atoms with E-state index in [1.807, 2.05) is 0 Å². The molecule has 3 aromatic rings. The molecule has 0 unspecified atom stereocenters. The summed E-state index contributed by atoms with van der Waals surface area (Å²) >= 11 is 0. The molecule has 0 N–H and O–H groups in total. The largest absolute Gasteiger partial charge is 0.486 e. The first-order valence-corrected chi connectivity index (χ1v) is 9.12. The zero-order chi connectivity index (χ0) is 22.2. The molecule has 0 atom stereocenters. The average Bonchev–Trinajstić information content (AvgIpc) is 2.99. The van der Waals surface area contributed by atoms with Gasteiger partial charge in [-0.05, 0) is 45.0 Å². The van der Waals surface area contributed by atoms with Gasteiger partial charge in [0.25, 0.3) is 0 Å². The van der Waals surface area contributed by atoms with Gasteiger partial charge in [0.05, 0.1) is 5.69 Å². The van der Waals surface area contributed by atoms with Gasteiger partial charge in [0.1, 0.15) is 40.9 Å². The number of ether oxygens (including phenoxy) is 2. The van der Waals surface area contributed by atoms with Crippen molar-refractivity contribution in [1.29, 1.82) is 0 Å². The molecule has 0 bridgehead atoms. The van der Waals surface area contributed by atoms with Gasteiger partial charge in [-0.15, -0.1) is 0 Å². The first-order valence-electron chi connectivity index (χ1n) is 9.12. The van der Waals surface area contributed by atoms with Crippen LogP contribution in [-0.2, 0) is 11.3 Å². The van der Waals surface area contributed by atoms with Gasteiger partial charge in [-0.25, -0.2) is 22.5 Å². The molecule has 1 aromatic heterocycles. The third-order valence-electron chi connectivity index (χ3n) is 4.16. The number of hydrogen-bond donors (Lipinski definition) is 0. The number of Topliss-reactive ketones (excluding diaryl/α,β-unsaturated/α-hetero) is 1. The Kier molecular flexibility index (Phi) is 5.61. The number of aromatic nitrogens is 1. The lowest BCUT2D eigenvalue weighted by molar-refractivity contribution is 0.0535. The maximum Gasteiger partial charge on any atom is 0.419 e. The van der Waals surface area contributed by atoms with Crippen LogP contribution in [-0.4, -0.2) is 22.0 Å². The lowest BCUT2D eigenvalue weighted by atomic mass is 10.2. The maximum atomic E-state index is 14.2. The number of ketones is 1. The molecule has 5 nitrogen and oxygen atoms in total. The third kappa shape index (κ3) is 4.48. The third-order valence-corrected chi connectivity index (χ3v) is 4.16. The molecule has 3 rings (SSSR count). The van der Waals surface area contributed by atoms with Gasteiger partial charge in [-0.3, -0.25) is 4.79 Å². The molecule has 0 saturated carbocycles. The summed E-state index contributed by atoms with van der Waals surface area (Å²) in [7, 11) is 0. The molecular formula is C22H20F3NO4. The number of hydrogen-bond acceptors (Lipinski definition) is 4. The van der Waals surface area contributed by atoms with Gasteiger partial charge >= 0.3 is 6.09 Å². The smallest absolute Gasteiger partial charge is 0.419 e. The highest BCUT2D eigenvalue weighted by Gasteiger charge is 2.26. The molecule has 0 saturated heterocycles. The normalized spacial score (nSPS) is 11.6. The van der Waals surface area contributed by atoms with Crippen LogP contribution in [0.5, 0.6) is 5.75 Å². The van der Waals surface area contributed by atoms with Crippen LogP contribution in [0, 0.1) is 17.5 Å². The molecule has 2 aromatic carbocycles. The minimum Gasteiger partial charge on any atom is -0.486 e. The number of benzene rings is 2. The van der Waals surface area contributed by atoms with E-state index in [-0.39, 0.29) is 34.5 Å². The van der Waals surface area contributed by atoms with Crippen molar-refractivity contribution in [2.45, 2.75) is 39.9 Å². The van der Waals surface area contributed by atoms with Crippen molar-refractivity contribution in [2.24, 2.45) is 0 Å². The quantitative estimate of drug-likeness (QED) is 0.515. The number of fused-ring (bicyclic) bond motifs is 1. The molecule has 1 heterocycles. The van der Waals surface area contributed by atoms with Gasteiger partial charge in [0.15, 0.2) is 5.78 Å². The molecule has 0 radical (unpaired) electrons. The van der Waals surface area contributed by atoms with Crippen LogP contribution in [0.2, 0.25) is 0 Å². The Hall–Kier alpha value is -3.29. The van der Waals surface area contributed by atoms with E-state index in [4.69, 9.17) is 9.47 Å². The Morgan fingerprint density at radius 3 is 2.30 bits per heavy atom. The number of carbonyl (C=O) groups excluding carboxylic acids is 2. The first-order chi connectivity index (χ1) is 14.0. The van der Waals surface area contributed by atoms with Gasteiger partial charge in [0, 0.05) is 30.0 Å². The number of rotatable bonds is 4. The summed E-state index contributed by atoms with van der Waals surface area (Å²) in [4.78, 5) is 24.9. The van der Waals surface area contributed by atoms with Gasteiger partial charge in [0.2, 0.25) is 0 Å². The molecule has 0 aliphatic heterocycles. The summed E-state index contributed by atoms with van der Waals surface area (Å²) in [6.07, 6.45) is -0.841. The molecule has 0 aliphatic rings. The highest BCUT2D eigenvalue weighted by molar-refractivity contribution is 6.05. The summed E-state index contributed by atoms with van der Waals surface area (Å²) in [5.41, 5.74) is -0.711. The van der Waals surface area contributed by atoms with Crippen LogP contribution < -0.4 is 4.74 Å². The summed E-state index contributed by atoms with van der Waals surface area (Å²) in [5.74, 6) is -2.77. The van der Waals surface area contributed by atoms with Crippen LogP contribution >= 0.6 is 0 Å². The van der Waals surface area contributed by atoms with Gasteiger partial charge < -0.3 is 9.47 Å². The summed E-state index contributed by atoms with van der Waals surface area (Å²) in [6, 6.07) is 6.50. The van der Waals surface area contributed by atoms with Crippen LogP contribution in [0.4, 0.5) is 18.0 Å². The zero-order valence-electron chi connectivity index (χ0n) is 16.9. The summed E-state index contributed by atoms with van der Waals surface area (Å²) in [5, 5.41) is 0.237. The van der Waals surface area contributed by atoms with Crippen LogP contribution in [0.25, 0.3) is 10.9 Å². The van der Waals surface area contributed by atoms with E-state index in [0.29, 0.717) is 6.07 Å². The predicted octanol–water partition coefficient (Wildman–Crippen LogP) is 5.62. The van der Waals surface area contributed by atoms with E-state index in [1.54, 1.807) is 20.8 Å². The standard InChI is InChI=1S/C22H20F3NO4/c1-12(27)18-8-14-7-16(24)10-19(20(14)26(18)21(28)30-22(2,3)4)29-11-13-5-6-15(23)9-17(13)25/h5-10H,11H2,1-4H3. The second kappa shape index (κ2) is 7.85. The summed E-state index contributed by atoms with van der Waals surface area (Å²) < 4.78 is 53.2. The SMILES string of the molecule is CC(=O)c1cc2cc(F)cc(OCc3ccc(F)cc3F)c2n1C(=O)OC(C)(C)C. The van der Waals surface area contributed by atoms with E-state index in [9.17, 15) is 22.8 Å². The Morgan fingerprint density at radius 2 is 1.70 bits per heavy atom. The van der Waals surface area contributed by atoms with E-state index < -0.39 is 34.9 Å². The van der Waals surface area contributed by atoms with Crippen LogP contribution in [0.15, 0.2) is 36.4 Å². The zero-order valence-corrected chi connectivity index (χ0v) is 16.9. The molecule has 0 spiro atoms. The van der Waals surface area contributed by atoms with Gasteiger partial charge in [-0.2, -0.15) is 0 Å². The fraction of sp³-hybridized carbons (Fsp3) is 0.273. The number of halogens is 3. The monoisotopic (exact) mass is 419 g/mol. The lowest BCUT2D eigenvalue weighted by Gasteiger charge is -2.21. The summed E-state index contributed by atoms with van der Waals surface area (Å²) in [6.45, 7) is 5.91. The molecular weight excluding hydrogens is 399 g/mol. The first kappa shape index (κ1) is 21.4. The predicted molar refractivity (Wildman–Crippen MR) is 104 cm³/mol. The van der Waals surface area contributed by atoms with Crippen LogP contribution in [0.3, 0.4) is 0 Å². The fourth-order valence-electron chi connectivity index (χ4n) is 2.94. The van der Waals surface area contributed by atoms with Crippen LogP contribution in [0.1, 0.15) is 43.7 Å². The van der Waals surface area contributed by atoms with Crippen molar-refractivity contribution in [3.8, 4) is 5.75 Å². The second-order valence-corrected chi connectivity index (χ2v) is 7.77. The van der Waals surface area contributed by atoms with Crippen molar-refractivity contribution >= 4 is 22.8 Å². The van der Waals surface area contributed by atoms with E-state index in [2.05, 4.69) is 0 Å². The van der Waals surface area contributed by atoms with E-state index >= 15 is 0 Å². The Morgan fingerprint density at radius 1 is 1.00 bits per heavy atom. The Labute approximate surface area is 171 Å². The highest BCUT2D eigenvalue weighted by Crippen LogP contribution is 2.32. The topological polar surface area (TPSA) is 57.5 Å². The Balaban J connectivity index is 2.11. The molecule has 158 valence electrons. The molecule has 8 heteroatoms. The van der Waals surface area contributed by atoms with Crippen molar-refractivity contribution < 1.29 is 32.2 Å². The lowest BCUT2D eigenvalue weighted by Crippen LogP contribution is -2.28. The molecule has 0 fully saturated rings. The molecule has 0 aliphatic carbocycles. The highest BCUT2D eigenvalue weighted by atomic mass is 19.1. The number of carbonyl (C=O) groups is 2. The van der Waals surface area contributed by atoms with E-state index in [1.165, 1.54) is 19.1 Å². The number of nitrogens with zero attached hydrogens (tertiary/aromatic N) is 1. The second-order valence-electron chi connectivity index (χ2n) is 7.77. The fourth-order valence-corrected chi connectivity index (χ4v) is 2.94. The minimum atomic E-state index is -0.847. The molecule has 0 amide bonds. The van der Waals surface area contributed by atoms with Crippen molar-refractivity contribution in [3.63, 3.8) is 0 Å². The van der Waals surface area contributed by atoms with Gasteiger partial charge in [-0.1, -0.05) is 0 Å². The van der Waals surface area contributed by atoms with E-state index in [0.717, 1.165) is 22.8 Å². The molecule has 30 heavy (non-hydrogen) atoms. The Bertz CT molecular complexity index is 1150. The van der Waals surface area contributed by atoms with Crippen molar-refractivity contribution in [2.75, 3.05) is 0 Å². The average molecular weight is 419 g/mol. The minimum absolute atomic E-state index is 0.0114. The van der Waals surface area contributed by atoms with Crippen molar-refractivity contribution in [3.05, 3.63) is 65.1 Å². The maximum absolute atomic E-state index is 14.2. The van der Waals surface area contributed by atoms with Crippen molar-refractivity contribution in [1.82, 2.24) is 4.57 Å².